The molecule has 2 aromatic carbocycles. The van der Waals surface area contributed by atoms with Gasteiger partial charge in [-0.05, 0) is 146 Å². The van der Waals surface area contributed by atoms with Crippen molar-refractivity contribution in [3.8, 4) is 0 Å². The van der Waals surface area contributed by atoms with Crippen LogP contribution in [0.3, 0.4) is 0 Å². The van der Waals surface area contributed by atoms with Crippen LogP contribution in [-0.2, 0) is 17.6 Å². The Hall–Kier alpha value is -1.74. The van der Waals surface area contributed by atoms with E-state index in [1.54, 1.807) is 12.1 Å². The lowest BCUT2D eigenvalue weighted by Gasteiger charge is -2.32. The van der Waals surface area contributed by atoms with Crippen LogP contribution in [0.5, 0.6) is 0 Å². The molecule has 2 aromatic rings. The molecule has 4 saturated carbocycles. The fourth-order valence-corrected chi connectivity index (χ4v) is 11.5. The van der Waals surface area contributed by atoms with Gasteiger partial charge in [0, 0.05) is 0 Å². The Morgan fingerprint density at radius 2 is 0.736 bits per heavy atom. The van der Waals surface area contributed by atoms with Crippen molar-refractivity contribution in [3.05, 3.63) is 70.3 Å². The first-order valence-corrected chi connectivity index (χ1v) is 23.1. The molecule has 296 valence electrons. The summed E-state index contributed by atoms with van der Waals surface area (Å²) in [7, 11) is 0. The maximum Gasteiger partial charge on any atom is 0.126 e. The summed E-state index contributed by atoms with van der Waals surface area (Å²) in [5, 5.41) is 0. The molecule has 0 N–H and O–H groups in total. The van der Waals surface area contributed by atoms with E-state index in [4.69, 9.17) is 4.74 Å². The molecule has 0 radical (unpaired) electrons. The molecule has 4 fully saturated rings. The summed E-state index contributed by atoms with van der Waals surface area (Å²) in [6.07, 6.45) is 34.1. The average molecular weight is 731 g/mol. The average Bonchev–Trinajstić information content (AvgIpc) is 3.19. The highest BCUT2D eigenvalue weighted by Crippen LogP contribution is 2.42. The molecule has 0 saturated heterocycles. The lowest BCUT2D eigenvalue weighted by molar-refractivity contribution is 0.139. The minimum Gasteiger partial charge on any atom is -0.381 e. The summed E-state index contributed by atoms with van der Waals surface area (Å²) in [6, 6.07) is 11.9. The van der Waals surface area contributed by atoms with E-state index < -0.39 is 0 Å². The summed E-state index contributed by atoms with van der Waals surface area (Å²) in [5.41, 5.74) is 3.83. The summed E-state index contributed by atoms with van der Waals surface area (Å²) in [6.45, 7) is 5.58. The van der Waals surface area contributed by atoms with Crippen LogP contribution in [0.1, 0.15) is 202 Å². The highest BCUT2D eigenvalue weighted by atomic mass is 19.1. The molecule has 0 bridgehead atoms. The summed E-state index contributed by atoms with van der Waals surface area (Å²) in [5.74, 6) is 6.51. The van der Waals surface area contributed by atoms with Gasteiger partial charge in [-0.1, -0.05) is 141 Å². The molecule has 1 nitrogen and oxygen atoms in total. The minimum absolute atomic E-state index is 0.0905. The molecule has 4 aliphatic carbocycles. The van der Waals surface area contributed by atoms with Gasteiger partial charge in [-0.3, -0.25) is 0 Å². The van der Waals surface area contributed by atoms with Gasteiger partial charge in [0.25, 0.3) is 0 Å². The molecule has 0 aliphatic heterocycles. The van der Waals surface area contributed by atoms with E-state index in [1.807, 2.05) is 12.1 Å². The van der Waals surface area contributed by atoms with Crippen LogP contribution in [0, 0.1) is 47.1 Å². The third-order valence-corrected chi connectivity index (χ3v) is 15.1. The Kier molecular flexibility index (Phi) is 16.6. The van der Waals surface area contributed by atoms with Crippen molar-refractivity contribution in [1.82, 2.24) is 0 Å². The maximum atomic E-state index is 15.2. The van der Waals surface area contributed by atoms with Gasteiger partial charge in [0.05, 0.1) is 13.2 Å². The van der Waals surface area contributed by atoms with E-state index in [9.17, 15) is 0 Å². The molecule has 0 heterocycles. The Morgan fingerprint density at radius 3 is 1.04 bits per heavy atom. The van der Waals surface area contributed by atoms with Crippen molar-refractivity contribution in [2.24, 2.45) is 35.5 Å². The second kappa shape index (κ2) is 21.5. The van der Waals surface area contributed by atoms with Gasteiger partial charge in [-0.2, -0.15) is 0 Å². The molecular weight excluding hydrogens is 655 g/mol. The van der Waals surface area contributed by atoms with E-state index in [1.165, 1.54) is 165 Å². The topological polar surface area (TPSA) is 9.23 Å². The van der Waals surface area contributed by atoms with Crippen molar-refractivity contribution in [2.45, 2.75) is 193 Å². The van der Waals surface area contributed by atoms with Gasteiger partial charge < -0.3 is 4.74 Å². The third kappa shape index (κ3) is 12.6. The molecule has 0 aromatic heterocycles. The zero-order valence-corrected chi connectivity index (χ0v) is 34.0. The molecule has 0 spiro atoms. The standard InChI is InChI=1S/C50H76F2O/c1-3-5-37-7-11-39(12-8-37)15-17-41-19-23-43(24-20-41)47-29-27-45(49(51)35-47)31-33-53-34-32-46-28-30-48(36-50(46)52)44-25-21-42(22-26-44)18-16-40-13-9-38(6-4-2)10-14-40/h27-30,35-44H,3-26,31-34H2,1-2H3. The lowest BCUT2D eigenvalue weighted by atomic mass is 9.74. The van der Waals surface area contributed by atoms with Crippen LogP contribution in [-0.4, -0.2) is 13.2 Å². The van der Waals surface area contributed by atoms with Gasteiger partial charge in [0.15, 0.2) is 0 Å². The van der Waals surface area contributed by atoms with Gasteiger partial charge >= 0.3 is 0 Å². The predicted molar refractivity (Wildman–Crippen MR) is 220 cm³/mol. The maximum absolute atomic E-state index is 15.2. The van der Waals surface area contributed by atoms with Crippen molar-refractivity contribution in [3.63, 3.8) is 0 Å². The van der Waals surface area contributed by atoms with Crippen molar-refractivity contribution >= 4 is 0 Å². The third-order valence-electron chi connectivity index (χ3n) is 15.1. The van der Waals surface area contributed by atoms with Crippen molar-refractivity contribution in [1.29, 1.82) is 0 Å². The van der Waals surface area contributed by atoms with Crippen LogP contribution in [0.25, 0.3) is 0 Å². The monoisotopic (exact) mass is 731 g/mol. The van der Waals surface area contributed by atoms with E-state index in [2.05, 4.69) is 26.0 Å². The van der Waals surface area contributed by atoms with Gasteiger partial charge in [-0.15, -0.1) is 0 Å². The number of benzene rings is 2. The number of ether oxygens (including phenoxy) is 1. The molecular formula is C50H76F2O. The second-order valence-electron chi connectivity index (χ2n) is 18.8. The van der Waals surface area contributed by atoms with E-state index in [-0.39, 0.29) is 11.6 Å². The molecule has 3 heteroatoms. The number of hydrogen-bond donors (Lipinski definition) is 0. The number of halogens is 2. The van der Waals surface area contributed by atoms with Gasteiger partial charge in [-0.25, -0.2) is 8.78 Å². The molecule has 4 aliphatic rings. The lowest BCUT2D eigenvalue weighted by Crippen LogP contribution is -2.18. The van der Waals surface area contributed by atoms with Gasteiger partial charge in [0.1, 0.15) is 11.6 Å². The Labute approximate surface area is 324 Å². The predicted octanol–water partition coefficient (Wildman–Crippen LogP) is 15.1. The first kappa shape index (κ1) is 40.9. The Bertz CT molecular complexity index is 1220. The molecule has 6 rings (SSSR count). The van der Waals surface area contributed by atoms with Crippen LogP contribution < -0.4 is 0 Å². The fourth-order valence-electron chi connectivity index (χ4n) is 11.5. The van der Waals surface area contributed by atoms with Crippen LogP contribution in [0.2, 0.25) is 0 Å². The number of rotatable bonds is 18. The first-order valence-electron chi connectivity index (χ1n) is 23.1. The van der Waals surface area contributed by atoms with Crippen LogP contribution in [0.4, 0.5) is 8.78 Å². The zero-order chi connectivity index (χ0) is 36.8. The van der Waals surface area contributed by atoms with Crippen molar-refractivity contribution < 1.29 is 13.5 Å². The normalized spacial score (nSPS) is 29.7. The minimum atomic E-state index is -0.0905. The van der Waals surface area contributed by atoms with Gasteiger partial charge in [0.2, 0.25) is 0 Å². The Balaban J connectivity index is 0.830. The molecule has 0 atom stereocenters. The Morgan fingerprint density at radius 1 is 0.434 bits per heavy atom. The van der Waals surface area contributed by atoms with E-state index in [0.29, 0.717) is 37.9 Å². The quantitative estimate of drug-likeness (QED) is 0.139. The first-order chi connectivity index (χ1) is 26.0. The summed E-state index contributed by atoms with van der Waals surface area (Å²) < 4.78 is 36.2. The summed E-state index contributed by atoms with van der Waals surface area (Å²) in [4.78, 5) is 0. The van der Waals surface area contributed by atoms with Crippen LogP contribution in [0.15, 0.2) is 36.4 Å². The fraction of sp³-hybridized carbons (Fsp3) is 0.760. The summed E-state index contributed by atoms with van der Waals surface area (Å²) >= 11 is 0. The van der Waals surface area contributed by atoms with Crippen molar-refractivity contribution in [2.75, 3.05) is 13.2 Å². The van der Waals surface area contributed by atoms with Crippen LogP contribution >= 0.6 is 0 Å². The molecule has 53 heavy (non-hydrogen) atoms. The smallest absolute Gasteiger partial charge is 0.126 e. The van der Waals surface area contributed by atoms with E-state index in [0.717, 1.165) is 46.6 Å². The highest BCUT2D eigenvalue weighted by molar-refractivity contribution is 5.29. The highest BCUT2D eigenvalue weighted by Gasteiger charge is 2.27. The SMILES string of the molecule is CCCC1CCC(CCC2CCC(c3ccc(CCOCCc4ccc(C5CCC(CCC6CCC(CCC)CC6)CC5)cc4F)c(F)c3)CC2)CC1. The zero-order valence-electron chi connectivity index (χ0n) is 34.0. The number of hydrogen-bond acceptors (Lipinski definition) is 1. The largest absolute Gasteiger partial charge is 0.381 e. The second-order valence-corrected chi connectivity index (χ2v) is 18.8. The molecule has 0 unspecified atom stereocenters. The van der Waals surface area contributed by atoms with E-state index >= 15 is 8.78 Å². The molecule has 0 amide bonds.